The van der Waals surface area contributed by atoms with Crippen molar-refractivity contribution in [1.29, 1.82) is 0 Å². The van der Waals surface area contributed by atoms with E-state index in [1.807, 2.05) is 12.1 Å². The number of benzene rings is 1. The Bertz CT molecular complexity index is 1200. The summed E-state index contributed by atoms with van der Waals surface area (Å²) >= 11 is 0. The lowest BCUT2D eigenvalue weighted by Gasteiger charge is -2.60. The number of aryl methyl sites for hydroxylation is 2. The third kappa shape index (κ3) is 5.12. The number of furan rings is 1. The molecule has 0 radical (unpaired) electrons. The first-order valence-electron chi connectivity index (χ1n) is 14.5. The lowest BCUT2D eigenvalue weighted by atomic mass is 9.44. The molecule has 1 heterocycles. The highest BCUT2D eigenvalue weighted by molar-refractivity contribution is 5.63. The molecule has 0 saturated heterocycles. The van der Waals surface area contributed by atoms with Crippen molar-refractivity contribution in [3.8, 4) is 0 Å². The smallest absolute Gasteiger partial charge is 0.129 e. The van der Waals surface area contributed by atoms with Crippen molar-refractivity contribution in [3.63, 3.8) is 0 Å². The van der Waals surface area contributed by atoms with Gasteiger partial charge in [0.2, 0.25) is 0 Å². The summed E-state index contributed by atoms with van der Waals surface area (Å²) in [6, 6.07) is 11.2. The van der Waals surface area contributed by atoms with Crippen LogP contribution in [0.4, 0.5) is 0 Å². The van der Waals surface area contributed by atoms with Gasteiger partial charge < -0.3 is 4.42 Å². The van der Waals surface area contributed by atoms with Crippen LogP contribution in [-0.2, 0) is 19.3 Å². The van der Waals surface area contributed by atoms with E-state index in [0.29, 0.717) is 28.6 Å². The van der Waals surface area contributed by atoms with Gasteiger partial charge in [0.1, 0.15) is 5.76 Å². The monoisotopic (exact) mass is 494 g/mol. The van der Waals surface area contributed by atoms with E-state index in [9.17, 15) is 0 Å². The van der Waals surface area contributed by atoms with Crippen molar-refractivity contribution in [2.24, 2.45) is 28.6 Å². The lowest BCUT2D eigenvalue weighted by Crippen LogP contribution is -2.51. The second-order valence-electron chi connectivity index (χ2n) is 13.1. The fraction of sp³-hybridized carbons (Fsp3) is 0.500. The topological polar surface area (TPSA) is 13.1 Å². The maximum absolute atomic E-state index is 5.61. The highest BCUT2D eigenvalue weighted by Gasteiger charge is 2.55. The van der Waals surface area contributed by atoms with Crippen LogP contribution in [-0.4, -0.2) is 0 Å². The SMILES string of the molecule is C=C(CC1=CCC2C(C[C@]3(C)CC(C(=C)Cc4cc(CC)cc(CC)c4)C[C@@]2(C)C3)C1=C)c1ccco1. The summed E-state index contributed by atoms with van der Waals surface area (Å²) in [5.74, 6) is 2.76. The van der Waals surface area contributed by atoms with Gasteiger partial charge in [-0.25, -0.2) is 0 Å². The zero-order chi connectivity index (χ0) is 26.4. The summed E-state index contributed by atoms with van der Waals surface area (Å²) in [7, 11) is 0. The fourth-order valence-corrected chi connectivity index (χ4v) is 8.43. The molecule has 196 valence electrons. The highest BCUT2D eigenvalue weighted by atomic mass is 16.3. The predicted octanol–water partition coefficient (Wildman–Crippen LogP) is 9.94. The van der Waals surface area contributed by atoms with Crippen LogP contribution in [0, 0.1) is 28.6 Å². The minimum Gasteiger partial charge on any atom is -0.465 e. The molecule has 0 aliphatic heterocycles. The third-order valence-electron chi connectivity index (χ3n) is 10.1. The zero-order valence-corrected chi connectivity index (χ0v) is 23.7. The molecule has 5 rings (SSSR count). The van der Waals surface area contributed by atoms with Gasteiger partial charge >= 0.3 is 0 Å². The lowest BCUT2D eigenvalue weighted by molar-refractivity contribution is -0.0706. The first-order chi connectivity index (χ1) is 17.6. The Morgan fingerprint density at radius 3 is 2.32 bits per heavy atom. The van der Waals surface area contributed by atoms with Crippen LogP contribution < -0.4 is 0 Å². The fourth-order valence-electron chi connectivity index (χ4n) is 8.43. The van der Waals surface area contributed by atoms with Gasteiger partial charge in [0.05, 0.1) is 6.26 Å². The normalized spacial score (nSPS) is 31.0. The molecule has 1 heteroatoms. The Balaban J connectivity index is 1.33. The van der Waals surface area contributed by atoms with E-state index in [1.165, 1.54) is 59.1 Å². The van der Waals surface area contributed by atoms with E-state index in [1.54, 1.807) is 6.26 Å². The first kappa shape index (κ1) is 26.1. The Morgan fingerprint density at radius 2 is 1.68 bits per heavy atom. The second kappa shape index (κ2) is 9.97. The van der Waals surface area contributed by atoms with Gasteiger partial charge in [0.15, 0.2) is 0 Å². The Hall–Kier alpha value is -2.54. The van der Waals surface area contributed by atoms with E-state index in [-0.39, 0.29) is 0 Å². The summed E-state index contributed by atoms with van der Waals surface area (Å²) in [6.07, 6.45) is 14.6. The van der Waals surface area contributed by atoms with Crippen molar-refractivity contribution in [3.05, 3.63) is 102 Å². The molecule has 0 N–H and O–H groups in total. The Labute approximate surface area is 225 Å². The molecule has 1 aromatic carbocycles. The van der Waals surface area contributed by atoms with Crippen molar-refractivity contribution in [1.82, 2.24) is 0 Å². The molecule has 3 unspecified atom stereocenters. The number of rotatable bonds is 8. The van der Waals surface area contributed by atoms with Crippen molar-refractivity contribution in [2.75, 3.05) is 0 Å². The molecule has 3 aliphatic carbocycles. The van der Waals surface area contributed by atoms with Crippen LogP contribution in [0.5, 0.6) is 0 Å². The quantitative estimate of drug-likeness (QED) is 0.333. The van der Waals surface area contributed by atoms with Gasteiger partial charge in [0.25, 0.3) is 0 Å². The van der Waals surface area contributed by atoms with Gasteiger partial charge in [-0.2, -0.15) is 0 Å². The third-order valence-corrected chi connectivity index (χ3v) is 10.1. The zero-order valence-electron chi connectivity index (χ0n) is 23.7. The van der Waals surface area contributed by atoms with Crippen LogP contribution in [0.1, 0.15) is 88.7 Å². The molecule has 37 heavy (non-hydrogen) atoms. The van der Waals surface area contributed by atoms with Gasteiger partial charge in [0, 0.05) is 6.42 Å². The largest absolute Gasteiger partial charge is 0.465 e. The van der Waals surface area contributed by atoms with Gasteiger partial charge in [-0.1, -0.05) is 77.3 Å². The summed E-state index contributed by atoms with van der Waals surface area (Å²) in [5, 5.41) is 0. The predicted molar refractivity (Wildman–Crippen MR) is 157 cm³/mol. The maximum atomic E-state index is 5.61. The van der Waals surface area contributed by atoms with Gasteiger partial charge in [-0.3, -0.25) is 0 Å². The maximum Gasteiger partial charge on any atom is 0.129 e. The molecule has 2 bridgehead atoms. The minimum atomic E-state index is 0.340. The molecule has 1 aromatic heterocycles. The summed E-state index contributed by atoms with van der Waals surface area (Å²) in [5.41, 5.74) is 10.3. The number of fused-ring (bicyclic) bond motifs is 4. The number of hydrogen-bond acceptors (Lipinski definition) is 1. The molecule has 2 aromatic rings. The summed E-state index contributed by atoms with van der Waals surface area (Å²) in [6.45, 7) is 23.4. The Morgan fingerprint density at radius 1 is 0.973 bits per heavy atom. The average Bonchev–Trinajstić information content (AvgIpc) is 3.40. The van der Waals surface area contributed by atoms with Crippen LogP contribution in [0.15, 0.2) is 83.5 Å². The second-order valence-corrected chi connectivity index (χ2v) is 13.1. The summed E-state index contributed by atoms with van der Waals surface area (Å²) < 4.78 is 5.61. The standard InChI is InChI=1S/C36H46O/c1-8-27-17-28(9-2)19-29(18-27)15-24(3)31-20-35(6)22-32-26(5)30(16-25(4)34-11-10-14-37-34)12-13-33(32)36(7,21-31)23-35/h10-12,14,17-19,31-33H,3-5,8-9,13,15-16,20-23H2,1-2,6-7H3/t31?,32?,33?,35-,36-/m0/s1. The van der Waals surface area contributed by atoms with E-state index in [0.717, 1.165) is 43.4 Å². The molecular formula is C36H46O. The van der Waals surface area contributed by atoms with Crippen molar-refractivity contribution in [2.45, 2.75) is 85.5 Å². The molecule has 2 fully saturated rings. The number of hydrogen-bond donors (Lipinski definition) is 0. The molecular weight excluding hydrogens is 448 g/mol. The van der Waals surface area contributed by atoms with E-state index in [4.69, 9.17) is 11.0 Å². The highest BCUT2D eigenvalue weighted by Crippen LogP contribution is 2.65. The molecule has 0 spiro atoms. The van der Waals surface area contributed by atoms with Crippen molar-refractivity contribution >= 4 is 5.57 Å². The van der Waals surface area contributed by atoms with E-state index < -0.39 is 0 Å². The molecule has 3 aliphatic rings. The van der Waals surface area contributed by atoms with Gasteiger partial charge in [-0.15, -0.1) is 0 Å². The van der Waals surface area contributed by atoms with Crippen LogP contribution >= 0.6 is 0 Å². The number of allylic oxidation sites excluding steroid dienone is 5. The average molecular weight is 495 g/mol. The van der Waals surface area contributed by atoms with E-state index >= 15 is 0 Å². The molecule has 0 amide bonds. The first-order valence-corrected chi connectivity index (χ1v) is 14.5. The van der Waals surface area contributed by atoms with E-state index in [2.05, 4.69) is 65.1 Å². The molecule has 1 nitrogen and oxygen atoms in total. The summed E-state index contributed by atoms with van der Waals surface area (Å²) in [4.78, 5) is 0. The Kier molecular flexibility index (Phi) is 7.03. The minimum absolute atomic E-state index is 0.340. The van der Waals surface area contributed by atoms with Crippen LogP contribution in [0.3, 0.4) is 0 Å². The molecule has 2 saturated carbocycles. The van der Waals surface area contributed by atoms with Crippen LogP contribution in [0.2, 0.25) is 0 Å². The molecule has 5 atom stereocenters. The van der Waals surface area contributed by atoms with Crippen LogP contribution in [0.25, 0.3) is 5.57 Å². The van der Waals surface area contributed by atoms with Gasteiger partial charge in [-0.05, 0) is 125 Å². The van der Waals surface area contributed by atoms with Crippen molar-refractivity contribution < 1.29 is 4.42 Å².